The van der Waals surface area contributed by atoms with Gasteiger partial charge in [0.05, 0.1) is 6.10 Å². The molecule has 0 aromatic heterocycles. The van der Waals surface area contributed by atoms with E-state index in [0.29, 0.717) is 0 Å². The minimum Gasteiger partial charge on any atom is -0.508 e. The molecule has 0 radical (unpaired) electrons. The molecule has 9 heavy (non-hydrogen) atoms. The Morgan fingerprint density at radius 3 is 2.67 bits per heavy atom. The summed E-state index contributed by atoms with van der Waals surface area (Å²) in [5.41, 5.74) is 0. The average molecular weight is 126 g/mol. The second kappa shape index (κ2) is 2.23. The van der Waals surface area contributed by atoms with Crippen molar-refractivity contribution in [3.63, 3.8) is 0 Å². The van der Waals surface area contributed by atoms with Crippen LogP contribution in [0.4, 0.5) is 0 Å². The molecule has 0 saturated heterocycles. The van der Waals surface area contributed by atoms with E-state index in [2.05, 4.69) is 0 Å². The molecule has 50 valence electrons. The average Bonchev–Trinajstić information content (AvgIpc) is 1.80. The third-order valence-electron chi connectivity index (χ3n) is 1.45. The van der Waals surface area contributed by atoms with E-state index in [9.17, 15) is 0 Å². The summed E-state index contributed by atoms with van der Waals surface area (Å²) in [5, 5.41) is 17.9. The van der Waals surface area contributed by atoms with Crippen LogP contribution in [0, 0.1) is 5.92 Å². The largest absolute Gasteiger partial charge is 0.508 e. The molecule has 0 heterocycles. The minimum atomic E-state index is -0.519. The van der Waals surface area contributed by atoms with Gasteiger partial charge in [-0.3, -0.25) is 0 Å². The van der Waals surface area contributed by atoms with Gasteiger partial charge in [0.2, 0.25) is 0 Å². The van der Waals surface area contributed by atoms with Crippen LogP contribution in [0.25, 0.3) is 0 Å². The highest BCUT2D eigenvalue weighted by atomic mass is 16.3. The van der Waals surface area contributed by atoms with Crippen LogP contribution in [-0.2, 0) is 0 Å². The number of rotatable bonds is 0. The molecule has 0 fully saturated rings. The third kappa shape index (κ3) is 1.33. The fourth-order valence-electron chi connectivity index (χ4n) is 0.747. The van der Waals surface area contributed by atoms with Gasteiger partial charge in [0.15, 0.2) is 0 Å². The van der Waals surface area contributed by atoms with Crippen LogP contribution in [-0.4, -0.2) is 16.3 Å². The first-order valence-electron chi connectivity index (χ1n) is 2.97. The highest BCUT2D eigenvalue weighted by Crippen LogP contribution is 2.13. The maximum Gasteiger partial charge on any atom is 0.113 e. The standard InChI is InChI=1S/C7H10O2/c1-5-2-3-6(8)4-7(5)9/h2-5,7-9H,1H3. The molecule has 2 N–H and O–H groups in total. The molecule has 0 amide bonds. The molecule has 0 saturated carbocycles. The summed E-state index contributed by atoms with van der Waals surface area (Å²) in [5.74, 6) is 0.279. The van der Waals surface area contributed by atoms with Crippen molar-refractivity contribution in [3.8, 4) is 0 Å². The minimum absolute atomic E-state index is 0.126. The summed E-state index contributed by atoms with van der Waals surface area (Å²) in [6, 6.07) is 0. The van der Waals surface area contributed by atoms with Gasteiger partial charge in [-0.1, -0.05) is 13.0 Å². The second-order valence-electron chi connectivity index (χ2n) is 2.30. The van der Waals surface area contributed by atoms with Crippen molar-refractivity contribution in [2.24, 2.45) is 5.92 Å². The van der Waals surface area contributed by atoms with Crippen LogP contribution < -0.4 is 0 Å². The summed E-state index contributed by atoms with van der Waals surface area (Å²) in [6.45, 7) is 1.89. The topological polar surface area (TPSA) is 40.5 Å². The van der Waals surface area contributed by atoms with Crippen molar-refractivity contribution in [1.82, 2.24) is 0 Å². The predicted molar refractivity (Wildman–Crippen MR) is 35.0 cm³/mol. The highest BCUT2D eigenvalue weighted by Gasteiger charge is 2.12. The van der Waals surface area contributed by atoms with Gasteiger partial charge in [-0.05, 0) is 12.2 Å². The second-order valence-corrected chi connectivity index (χ2v) is 2.30. The van der Waals surface area contributed by atoms with Crippen LogP contribution in [0.3, 0.4) is 0 Å². The Balaban J connectivity index is 2.70. The molecule has 0 bridgehead atoms. The van der Waals surface area contributed by atoms with E-state index in [0.717, 1.165) is 0 Å². The molecule has 0 spiro atoms. The quantitative estimate of drug-likeness (QED) is 0.508. The molecular weight excluding hydrogens is 116 g/mol. The van der Waals surface area contributed by atoms with Gasteiger partial charge in [-0.2, -0.15) is 0 Å². The van der Waals surface area contributed by atoms with E-state index >= 15 is 0 Å². The van der Waals surface area contributed by atoms with Crippen molar-refractivity contribution in [1.29, 1.82) is 0 Å². The first-order valence-corrected chi connectivity index (χ1v) is 2.97. The molecule has 2 atom stereocenters. The highest BCUT2D eigenvalue weighted by molar-refractivity contribution is 5.19. The van der Waals surface area contributed by atoms with Crippen LogP contribution in [0.15, 0.2) is 24.0 Å². The Bertz CT molecular complexity index is 158. The molecule has 1 aliphatic rings. The molecular formula is C7H10O2. The number of aliphatic hydroxyl groups is 2. The number of hydrogen-bond donors (Lipinski definition) is 2. The zero-order chi connectivity index (χ0) is 6.85. The Labute approximate surface area is 54.1 Å². The lowest BCUT2D eigenvalue weighted by molar-refractivity contribution is 0.177. The monoisotopic (exact) mass is 126 g/mol. The van der Waals surface area contributed by atoms with E-state index in [1.54, 1.807) is 12.2 Å². The molecule has 2 nitrogen and oxygen atoms in total. The van der Waals surface area contributed by atoms with Crippen LogP contribution in [0.1, 0.15) is 6.92 Å². The van der Waals surface area contributed by atoms with Crippen molar-refractivity contribution in [2.45, 2.75) is 13.0 Å². The van der Waals surface area contributed by atoms with E-state index in [-0.39, 0.29) is 11.7 Å². The van der Waals surface area contributed by atoms with Gasteiger partial charge in [-0.15, -0.1) is 0 Å². The zero-order valence-electron chi connectivity index (χ0n) is 5.28. The van der Waals surface area contributed by atoms with E-state index < -0.39 is 6.10 Å². The number of hydrogen-bond acceptors (Lipinski definition) is 2. The first-order chi connectivity index (χ1) is 4.20. The molecule has 0 aliphatic heterocycles. The Hall–Kier alpha value is -0.760. The van der Waals surface area contributed by atoms with Gasteiger partial charge in [0.1, 0.15) is 5.76 Å². The summed E-state index contributed by atoms with van der Waals surface area (Å²) in [6.07, 6.45) is 4.29. The Morgan fingerprint density at radius 2 is 2.22 bits per heavy atom. The normalized spacial score (nSPS) is 34.2. The first kappa shape index (κ1) is 6.36. The fraction of sp³-hybridized carbons (Fsp3) is 0.429. The molecule has 0 aromatic carbocycles. The van der Waals surface area contributed by atoms with Crippen LogP contribution >= 0.6 is 0 Å². The lowest BCUT2D eigenvalue weighted by Crippen LogP contribution is -2.15. The van der Waals surface area contributed by atoms with Crippen molar-refractivity contribution in [2.75, 3.05) is 0 Å². The van der Waals surface area contributed by atoms with Crippen molar-refractivity contribution >= 4 is 0 Å². The SMILES string of the molecule is CC1C=CC(O)=CC1O. The van der Waals surface area contributed by atoms with Crippen LogP contribution in [0.5, 0.6) is 0 Å². The molecule has 0 aromatic rings. The maximum absolute atomic E-state index is 9.06. The predicted octanol–water partition coefficient (Wildman–Crippen LogP) is 0.995. The number of aliphatic hydroxyl groups excluding tert-OH is 2. The molecule has 1 aliphatic carbocycles. The van der Waals surface area contributed by atoms with Gasteiger partial charge in [-0.25, -0.2) is 0 Å². The van der Waals surface area contributed by atoms with E-state index in [1.807, 2.05) is 6.92 Å². The smallest absolute Gasteiger partial charge is 0.113 e. The third-order valence-corrected chi connectivity index (χ3v) is 1.45. The maximum atomic E-state index is 9.06. The molecule has 2 unspecified atom stereocenters. The Kier molecular flexibility index (Phi) is 1.58. The zero-order valence-corrected chi connectivity index (χ0v) is 5.28. The summed E-state index contributed by atoms with van der Waals surface area (Å²) in [4.78, 5) is 0. The lowest BCUT2D eigenvalue weighted by atomic mass is 9.99. The van der Waals surface area contributed by atoms with E-state index in [4.69, 9.17) is 10.2 Å². The van der Waals surface area contributed by atoms with Gasteiger partial charge < -0.3 is 10.2 Å². The molecule has 2 heteroatoms. The van der Waals surface area contributed by atoms with Crippen molar-refractivity contribution in [3.05, 3.63) is 24.0 Å². The Morgan fingerprint density at radius 1 is 1.56 bits per heavy atom. The summed E-state index contributed by atoms with van der Waals surface area (Å²) >= 11 is 0. The summed E-state index contributed by atoms with van der Waals surface area (Å²) in [7, 11) is 0. The lowest BCUT2D eigenvalue weighted by Gasteiger charge is -2.14. The van der Waals surface area contributed by atoms with Crippen molar-refractivity contribution < 1.29 is 10.2 Å². The molecule has 1 rings (SSSR count). The van der Waals surface area contributed by atoms with E-state index in [1.165, 1.54) is 6.08 Å². The van der Waals surface area contributed by atoms with Gasteiger partial charge >= 0.3 is 0 Å². The van der Waals surface area contributed by atoms with Gasteiger partial charge in [0, 0.05) is 5.92 Å². The van der Waals surface area contributed by atoms with Crippen LogP contribution in [0.2, 0.25) is 0 Å². The number of allylic oxidation sites excluding steroid dienone is 1. The summed E-state index contributed by atoms with van der Waals surface area (Å²) < 4.78 is 0. The fourth-order valence-corrected chi connectivity index (χ4v) is 0.747. The van der Waals surface area contributed by atoms with Gasteiger partial charge in [0.25, 0.3) is 0 Å².